The Morgan fingerprint density at radius 1 is 0.583 bits per heavy atom. The molecule has 0 spiro atoms. The smallest absolute Gasteiger partial charge is 0.168 e. The van der Waals surface area contributed by atoms with Gasteiger partial charge < -0.3 is 23.7 Å². The molecule has 1 aliphatic heterocycles. The number of hydrogen-bond donors (Lipinski definition) is 0. The van der Waals surface area contributed by atoms with Crippen molar-refractivity contribution in [3.05, 3.63) is 60.9 Å². The van der Waals surface area contributed by atoms with Crippen LogP contribution in [0.25, 0.3) is 0 Å². The van der Waals surface area contributed by atoms with E-state index in [1.54, 1.807) is 12.3 Å². The van der Waals surface area contributed by atoms with E-state index < -0.39 is 0 Å². The molecule has 0 atom stereocenters. The minimum absolute atomic E-state index is 0.375. The number of para-hydroxylation sites is 4. The fourth-order valence-electron chi connectivity index (χ4n) is 2.18. The normalized spacial score (nSPS) is 17.0. The lowest BCUT2D eigenvalue weighted by Crippen LogP contribution is -2.13. The van der Waals surface area contributed by atoms with Crippen molar-refractivity contribution in [3.63, 3.8) is 0 Å². The summed E-state index contributed by atoms with van der Waals surface area (Å²) in [4.78, 5) is 0. The number of ether oxygens (including phenoxy) is 5. The van der Waals surface area contributed by atoms with E-state index in [0.29, 0.717) is 56.0 Å². The van der Waals surface area contributed by atoms with Gasteiger partial charge in [-0.3, -0.25) is 0 Å². The highest BCUT2D eigenvalue weighted by Crippen LogP contribution is 2.27. The van der Waals surface area contributed by atoms with Crippen molar-refractivity contribution < 1.29 is 23.7 Å². The van der Waals surface area contributed by atoms with Gasteiger partial charge in [0.15, 0.2) is 23.0 Å². The topological polar surface area (TPSA) is 46.2 Å². The molecule has 3 rings (SSSR count). The van der Waals surface area contributed by atoms with E-state index in [2.05, 4.69) is 0 Å². The van der Waals surface area contributed by atoms with Gasteiger partial charge in [-0.05, 0) is 30.3 Å². The molecule has 0 bridgehead atoms. The summed E-state index contributed by atoms with van der Waals surface area (Å²) in [5.41, 5.74) is 0. The van der Waals surface area contributed by atoms with Crippen LogP contribution in [0.2, 0.25) is 0 Å². The fourth-order valence-corrected chi connectivity index (χ4v) is 2.18. The van der Waals surface area contributed by atoms with E-state index >= 15 is 0 Å². The van der Waals surface area contributed by atoms with Gasteiger partial charge in [0.05, 0.1) is 19.5 Å². The van der Waals surface area contributed by atoms with E-state index in [4.69, 9.17) is 23.7 Å². The minimum atomic E-state index is 0.375. The van der Waals surface area contributed by atoms with Crippen LogP contribution in [0.4, 0.5) is 0 Å². The molecule has 2 aromatic rings. The highest BCUT2D eigenvalue weighted by molar-refractivity contribution is 5.40. The van der Waals surface area contributed by atoms with Gasteiger partial charge in [-0.25, -0.2) is 0 Å². The van der Waals surface area contributed by atoms with Crippen molar-refractivity contribution in [2.75, 3.05) is 33.0 Å². The van der Waals surface area contributed by atoms with E-state index in [-0.39, 0.29) is 0 Å². The molecule has 0 aliphatic carbocycles. The summed E-state index contributed by atoms with van der Waals surface area (Å²) in [6, 6.07) is 15.1. The van der Waals surface area contributed by atoms with Gasteiger partial charge in [0.2, 0.25) is 0 Å². The van der Waals surface area contributed by atoms with Gasteiger partial charge in [0.25, 0.3) is 0 Å². The Morgan fingerprint density at radius 3 is 1.79 bits per heavy atom. The van der Waals surface area contributed by atoms with Crippen molar-refractivity contribution in [2.45, 2.75) is 0 Å². The summed E-state index contributed by atoms with van der Waals surface area (Å²) in [6.07, 6.45) is 3.39. The van der Waals surface area contributed by atoms with Crippen LogP contribution in [0, 0.1) is 0 Å². The number of fused-ring (bicyclic) bond motifs is 2. The molecule has 0 N–H and O–H groups in total. The third-order valence-electron chi connectivity index (χ3n) is 3.30. The first kappa shape index (κ1) is 16.2. The summed E-state index contributed by atoms with van der Waals surface area (Å²) < 4.78 is 28.2. The molecule has 0 radical (unpaired) electrons. The molecule has 24 heavy (non-hydrogen) atoms. The van der Waals surface area contributed by atoms with Crippen molar-refractivity contribution >= 4 is 0 Å². The lowest BCUT2D eigenvalue weighted by atomic mass is 10.3. The van der Waals surface area contributed by atoms with E-state index in [0.717, 1.165) is 0 Å². The number of benzene rings is 2. The van der Waals surface area contributed by atoms with Crippen LogP contribution in [0.3, 0.4) is 0 Å². The van der Waals surface area contributed by atoms with Crippen molar-refractivity contribution in [1.29, 1.82) is 0 Å². The van der Waals surface area contributed by atoms with Gasteiger partial charge >= 0.3 is 0 Å². The van der Waals surface area contributed by atoms with Crippen LogP contribution in [0.15, 0.2) is 60.9 Å². The first-order valence-electron chi connectivity index (χ1n) is 7.89. The van der Waals surface area contributed by atoms with Gasteiger partial charge in [0, 0.05) is 0 Å². The first-order chi connectivity index (χ1) is 11.9. The summed E-state index contributed by atoms with van der Waals surface area (Å²) in [5.74, 6) is 2.73. The molecule has 0 fully saturated rings. The molecule has 0 aromatic heterocycles. The van der Waals surface area contributed by atoms with Gasteiger partial charge in [-0.2, -0.15) is 0 Å². The van der Waals surface area contributed by atoms with E-state index in [9.17, 15) is 0 Å². The Labute approximate surface area is 141 Å². The predicted molar refractivity (Wildman–Crippen MR) is 90.0 cm³/mol. The SMILES string of the molecule is C1=C\Oc2ccccc2OCCOCCOc2ccccc2OC/1. The lowest BCUT2D eigenvalue weighted by Gasteiger charge is -2.13. The van der Waals surface area contributed by atoms with Crippen molar-refractivity contribution in [1.82, 2.24) is 0 Å². The lowest BCUT2D eigenvalue weighted by molar-refractivity contribution is 0.0749. The van der Waals surface area contributed by atoms with Crippen LogP contribution in [0.5, 0.6) is 23.0 Å². The van der Waals surface area contributed by atoms with Gasteiger partial charge in [-0.15, -0.1) is 0 Å². The third kappa shape index (κ3) is 4.67. The fraction of sp³-hybridized carbons (Fsp3) is 0.263. The molecule has 126 valence electrons. The Bertz CT molecular complexity index is 668. The quantitative estimate of drug-likeness (QED) is 0.741. The molecule has 1 heterocycles. The third-order valence-corrected chi connectivity index (χ3v) is 3.30. The van der Waals surface area contributed by atoms with Crippen LogP contribution < -0.4 is 18.9 Å². The molecule has 0 saturated heterocycles. The Morgan fingerprint density at radius 2 is 1.12 bits per heavy atom. The molecule has 1 aliphatic rings. The zero-order valence-electron chi connectivity index (χ0n) is 13.4. The standard InChI is InChI=1S/C19H20O5/c1-3-8-18-16(6-1)21-10-5-11-22-17-7-2-4-9-19(17)24-15-13-20-12-14-23-18/h1-10H,11-15H2/b10-5-. The minimum Gasteiger partial charge on any atom is -0.487 e. The number of rotatable bonds is 0. The average molecular weight is 328 g/mol. The predicted octanol–water partition coefficient (Wildman–Crippen LogP) is 3.45. The second-order valence-corrected chi connectivity index (χ2v) is 5.00. The Balaban J connectivity index is 1.70. The molecule has 5 nitrogen and oxygen atoms in total. The maximum absolute atomic E-state index is 5.71. The Hall–Kier alpha value is -2.66. The molecule has 0 saturated carbocycles. The molecular weight excluding hydrogens is 308 g/mol. The van der Waals surface area contributed by atoms with Gasteiger partial charge in [-0.1, -0.05) is 24.3 Å². The van der Waals surface area contributed by atoms with Crippen LogP contribution in [-0.2, 0) is 4.74 Å². The largest absolute Gasteiger partial charge is 0.487 e. The summed E-state index contributed by atoms with van der Waals surface area (Å²) in [5, 5.41) is 0. The summed E-state index contributed by atoms with van der Waals surface area (Å²) >= 11 is 0. The second kappa shape index (κ2) is 8.84. The average Bonchev–Trinajstić information content (AvgIpc) is 2.62. The maximum atomic E-state index is 5.71. The molecule has 0 amide bonds. The zero-order valence-corrected chi connectivity index (χ0v) is 13.4. The van der Waals surface area contributed by atoms with E-state index in [1.807, 2.05) is 48.5 Å². The highest BCUT2D eigenvalue weighted by atomic mass is 16.6. The zero-order chi connectivity index (χ0) is 16.5. The maximum Gasteiger partial charge on any atom is 0.168 e. The molecular formula is C19H20O5. The van der Waals surface area contributed by atoms with Crippen LogP contribution >= 0.6 is 0 Å². The number of hydrogen-bond acceptors (Lipinski definition) is 5. The molecule has 0 unspecified atom stereocenters. The van der Waals surface area contributed by atoms with Crippen molar-refractivity contribution in [3.8, 4) is 23.0 Å². The summed E-state index contributed by atoms with van der Waals surface area (Å²) in [6.45, 7) is 2.24. The highest BCUT2D eigenvalue weighted by Gasteiger charge is 2.05. The van der Waals surface area contributed by atoms with Crippen LogP contribution in [-0.4, -0.2) is 33.0 Å². The molecule has 2 aromatic carbocycles. The first-order valence-corrected chi connectivity index (χ1v) is 7.89. The summed E-state index contributed by atoms with van der Waals surface area (Å²) in [7, 11) is 0. The van der Waals surface area contributed by atoms with Crippen molar-refractivity contribution in [2.24, 2.45) is 0 Å². The van der Waals surface area contributed by atoms with Gasteiger partial charge in [0.1, 0.15) is 19.8 Å². The van der Waals surface area contributed by atoms with Crippen LogP contribution in [0.1, 0.15) is 0 Å². The monoisotopic (exact) mass is 328 g/mol. The second-order valence-electron chi connectivity index (χ2n) is 5.00. The Kier molecular flexibility index (Phi) is 5.97. The van der Waals surface area contributed by atoms with E-state index in [1.165, 1.54) is 0 Å². The molecule has 5 heteroatoms.